The molecule has 3 aromatic rings. The first kappa shape index (κ1) is 15.0. The lowest BCUT2D eigenvalue weighted by molar-refractivity contribution is -0.137. The predicted molar refractivity (Wildman–Crippen MR) is 87.9 cm³/mol. The summed E-state index contributed by atoms with van der Waals surface area (Å²) in [7, 11) is 0. The normalized spacial score (nSPS) is 10.8. The smallest absolute Gasteiger partial charge is 0.303 e. The van der Waals surface area contributed by atoms with Crippen molar-refractivity contribution in [2.24, 2.45) is 0 Å². The highest BCUT2D eigenvalue weighted by Crippen LogP contribution is 2.12. The number of rotatable bonds is 5. The Bertz CT molecular complexity index is 898. The first-order valence-electron chi connectivity index (χ1n) is 7.42. The summed E-state index contributed by atoms with van der Waals surface area (Å²) < 4.78 is 1.52. The number of hydrogen-bond donors (Lipinski definition) is 1. The van der Waals surface area contributed by atoms with Crippen LogP contribution in [-0.2, 0) is 11.2 Å². The molecule has 3 rings (SSSR count). The number of fused-ring (bicyclic) bond motifs is 1. The Morgan fingerprint density at radius 2 is 1.83 bits per heavy atom. The molecule has 0 unspecified atom stereocenters. The molecule has 0 atom stereocenters. The maximum atomic E-state index is 12.5. The minimum atomic E-state index is -0.782. The highest BCUT2D eigenvalue weighted by molar-refractivity contribution is 5.77. The molecule has 1 heterocycles. The van der Waals surface area contributed by atoms with Crippen LogP contribution in [-0.4, -0.2) is 20.6 Å². The van der Waals surface area contributed by atoms with Crippen LogP contribution in [0.1, 0.15) is 18.4 Å². The van der Waals surface area contributed by atoms with E-state index in [1.807, 2.05) is 42.5 Å². The van der Waals surface area contributed by atoms with E-state index in [0.29, 0.717) is 23.7 Å². The Kier molecular flexibility index (Phi) is 4.19. The van der Waals surface area contributed by atoms with Crippen LogP contribution in [0, 0.1) is 0 Å². The molecule has 23 heavy (non-hydrogen) atoms. The first-order valence-corrected chi connectivity index (χ1v) is 7.42. The van der Waals surface area contributed by atoms with Gasteiger partial charge < -0.3 is 5.11 Å². The number of benzene rings is 2. The van der Waals surface area contributed by atoms with Crippen molar-refractivity contribution < 1.29 is 9.90 Å². The molecule has 1 N–H and O–H groups in total. The van der Waals surface area contributed by atoms with E-state index >= 15 is 0 Å². The van der Waals surface area contributed by atoms with Crippen molar-refractivity contribution in [2.75, 3.05) is 0 Å². The van der Waals surface area contributed by atoms with E-state index in [0.717, 1.165) is 11.3 Å². The summed E-state index contributed by atoms with van der Waals surface area (Å²) in [5.74, 6) is -0.782. The minimum Gasteiger partial charge on any atom is -0.481 e. The van der Waals surface area contributed by atoms with Crippen LogP contribution in [0.2, 0.25) is 0 Å². The Labute approximate surface area is 132 Å². The van der Waals surface area contributed by atoms with Gasteiger partial charge in [-0.2, -0.15) is 0 Å². The number of carbonyl (C=O) groups is 1. The van der Waals surface area contributed by atoms with Gasteiger partial charge in [0, 0.05) is 6.42 Å². The highest BCUT2D eigenvalue weighted by Gasteiger charge is 2.05. The fourth-order valence-corrected chi connectivity index (χ4v) is 2.52. The average molecular weight is 308 g/mol. The van der Waals surface area contributed by atoms with Crippen molar-refractivity contribution >= 4 is 16.9 Å². The zero-order valence-corrected chi connectivity index (χ0v) is 12.5. The minimum absolute atomic E-state index is 0.103. The standard InChI is InChI=1S/C18H16N2O3/c21-17(22)7-3-4-13-8-10-14(11-9-13)20-12-19-16-6-2-1-5-15(16)18(20)23/h1-2,5-6,8-12H,3-4,7H2,(H,21,22). The molecule has 116 valence electrons. The lowest BCUT2D eigenvalue weighted by atomic mass is 10.1. The fraction of sp³-hybridized carbons (Fsp3) is 0.167. The largest absolute Gasteiger partial charge is 0.481 e. The topological polar surface area (TPSA) is 72.2 Å². The van der Waals surface area contributed by atoms with Crippen LogP contribution in [0.4, 0.5) is 0 Å². The average Bonchev–Trinajstić information content (AvgIpc) is 2.56. The van der Waals surface area contributed by atoms with Gasteiger partial charge in [-0.1, -0.05) is 24.3 Å². The lowest BCUT2D eigenvalue weighted by Crippen LogP contribution is -2.18. The van der Waals surface area contributed by atoms with Crippen molar-refractivity contribution in [3.05, 3.63) is 70.8 Å². The van der Waals surface area contributed by atoms with Gasteiger partial charge in [0.2, 0.25) is 0 Å². The number of hydrogen-bond acceptors (Lipinski definition) is 3. The van der Waals surface area contributed by atoms with Crippen molar-refractivity contribution in [1.82, 2.24) is 9.55 Å². The zero-order valence-electron chi connectivity index (χ0n) is 12.5. The number of aromatic nitrogens is 2. The van der Waals surface area contributed by atoms with E-state index in [1.165, 1.54) is 10.9 Å². The number of aryl methyl sites for hydroxylation is 1. The predicted octanol–water partition coefficient (Wildman–Crippen LogP) is 2.79. The molecule has 0 spiro atoms. The van der Waals surface area contributed by atoms with Gasteiger partial charge in [-0.15, -0.1) is 0 Å². The van der Waals surface area contributed by atoms with E-state index in [4.69, 9.17) is 5.11 Å². The van der Waals surface area contributed by atoms with Gasteiger partial charge in [0.25, 0.3) is 5.56 Å². The molecule has 0 saturated carbocycles. The summed E-state index contributed by atoms with van der Waals surface area (Å²) in [6.07, 6.45) is 3.00. The van der Waals surface area contributed by atoms with Crippen molar-refractivity contribution in [1.29, 1.82) is 0 Å². The number of para-hydroxylation sites is 1. The van der Waals surface area contributed by atoms with E-state index in [2.05, 4.69) is 4.98 Å². The molecule has 0 amide bonds. The van der Waals surface area contributed by atoms with Crippen LogP contribution in [0.15, 0.2) is 59.7 Å². The summed E-state index contributed by atoms with van der Waals surface area (Å²) in [4.78, 5) is 27.4. The second kappa shape index (κ2) is 6.44. The number of carboxylic acid groups (broad SMARTS) is 1. The highest BCUT2D eigenvalue weighted by atomic mass is 16.4. The van der Waals surface area contributed by atoms with Gasteiger partial charge in [-0.05, 0) is 42.7 Å². The Morgan fingerprint density at radius 1 is 1.09 bits per heavy atom. The molecule has 5 nitrogen and oxygen atoms in total. The second-order valence-electron chi connectivity index (χ2n) is 5.35. The molecule has 2 aromatic carbocycles. The van der Waals surface area contributed by atoms with Crippen LogP contribution in [0.3, 0.4) is 0 Å². The summed E-state index contributed by atoms with van der Waals surface area (Å²) in [5, 5.41) is 9.24. The maximum absolute atomic E-state index is 12.5. The molecule has 0 bridgehead atoms. The molecule has 0 saturated heterocycles. The molecular weight excluding hydrogens is 292 g/mol. The SMILES string of the molecule is O=C(O)CCCc1ccc(-n2cnc3ccccc3c2=O)cc1. The van der Waals surface area contributed by atoms with Crippen molar-refractivity contribution in [3.63, 3.8) is 0 Å². The van der Waals surface area contributed by atoms with Gasteiger partial charge >= 0.3 is 5.97 Å². The molecular formula is C18H16N2O3. The zero-order chi connectivity index (χ0) is 16.2. The second-order valence-corrected chi connectivity index (χ2v) is 5.35. The van der Waals surface area contributed by atoms with Crippen molar-refractivity contribution in [2.45, 2.75) is 19.3 Å². The molecule has 5 heteroatoms. The third-order valence-corrected chi connectivity index (χ3v) is 3.74. The molecule has 0 fully saturated rings. The monoisotopic (exact) mass is 308 g/mol. The third kappa shape index (κ3) is 3.29. The van der Waals surface area contributed by atoms with Crippen LogP contribution >= 0.6 is 0 Å². The Morgan fingerprint density at radius 3 is 2.57 bits per heavy atom. The first-order chi connectivity index (χ1) is 11.1. The van der Waals surface area contributed by atoms with Gasteiger partial charge in [-0.25, -0.2) is 4.98 Å². The molecule has 0 aliphatic heterocycles. The summed E-state index contributed by atoms with van der Waals surface area (Å²) in [6.45, 7) is 0. The van der Waals surface area contributed by atoms with Crippen molar-refractivity contribution in [3.8, 4) is 5.69 Å². The van der Waals surface area contributed by atoms with E-state index in [1.54, 1.807) is 6.07 Å². The van der Waals surface area contributed by atoms with Crippen LogP contribution < -0.4 is 5.56 Å². The van der Waals surface area contributed by atoms with Crippen LogP contribution in [0.25, 0.3) is 16.6 Å². The molecule has 1 aromatic heterocycles. The number of carboxylic acids is 1. The fourth-order valence-electron chi connectivity index (χ4n) is 2.52. The molecule has 0 aliphatic rings. The third-order valence-electron chi connectivity index (χ3n) is 3.74. The Balaban J connectivity index is 1.86. The Hall–Kier alpha value is -2.95. The number of aliphatic carboxylic acids is 1. The van der Waals surface area contributed by atoms with Gasteiger partial charge in [-0.3, -0.25) is 14.2 Å². The van der Waals surface area contributed by atoms with Gasteiger partial charge in [0.1, 0.15) is 6.33 Å². The van der Waals surface area contributed by atoms with E-state index in [-0.39, 0.29) is 12.0 Å². The maximum Gasteiger partial charge on any atom is 0.303 e. The summed E-state index contributed by atoms with van der Waals surface area (Å²) in [5.41, 5.74) is 2.38. The van der Waals surface area contributed by atoms with Gasteiger partial charge in [0.05, 0.1) is 16.6 Å². The summed E-state index contributed by atoms with van der Waals surface area (Å²) in [6, 6.07) is 14.8. The van der Waals surface area contributed by atoms with Crippen LogP contribution in [0.5, 0.6) is 0 Å². The molecule has 0 aliphatic carbocycles. The van der Waals surface area contributed by atoms with E-state index < -0.39 is 5.97 Å². The quantitative estimate of drug-likeness (QED) is 0.786. The van der Waals surface area contributed by atoms with Gasteiger partial charge in [0.15, 0.2) is 0 Å². The lowest BCUT2D eigenvalue weighted by Gasteiger charge is -2.07. The molecule has 0 radical (unpaired) electrons. The number of nitrogens with zero attached hydrogens (tertiary/aromatic N) is 2. The summed E-state index contributed by atoms with van der Waals surface area (Å²) >= 11 is 0. The van der Waals surface area contributed by atoms with E-state index in [9.17, 15) is 9.59 Å².